The average Bonchev–Trinajstić information content (AvgIpc) is 2.34. The standard InChI is InChI=1S/C13H11Br2N3O/c1-7-4-9(15)5-10(16)12(7)18-13(19)11-3-2-8(14)6-17-11/h2-6H,16H2,1H3,(H,18,19). The van der Waals surface area contributed by atoms with Crippen LogP contribution in [0, 0.1) is 6.92 Å². The molecule has 98 valence electrons. The number of hydrogen-bond donors (Lipinski definition) is 2. The van der Waals surface area contributed by atoms with E-state index in [-0.39, 0.29) is 5.91 Å². The van der Waals surface area contributed by atoms with Crippen molar-refractivity contribution in [3.8, 4) is 0 Å². The average molecular weight is 385 g/mol. The summed E-state index contributed by atoms with van der Waals surface area (Å²) in [6, 6.07) is 7.04. The molecule has 2 rings (SSSR count). The van der Waals surface area contributed by atoms with Gasteiger partial charge in [-0.3, -0.25) is 4.79 Å². The van der Waals surface area contributed by atoms with Gasteiger partial charge < -0.3 is 11.1 Å². The molecule has 0 aliphatic rings. The quantitative estimate of drug-likeness (QED) is 0.774. The number of aromatic nitrogens is 1. The molecule has 0 fully saturated rings. The van der Waals surface area contributed by atoms with E-state index in [1.165, 1.54) is 0 Å². The highest BCUT2D eigenvalue weighted by Gasteiger charge is 2.11. The Kier molecular flexibility index (Phi) is 4.21. The molecule has 19 heavy (non-hydrogen) atoms. The number of hydrogen-bond acceptors (Lipinski definition) is 3. The number of nitrogens with zero attached hydrogens (tertiary/aromatic N) is 1. The van der Waals surface area contributed by atoms with Crippen LogP contribution in [0.5, 0.6) is 0 Å². The number of nitrogen functional groups attached to an aromatic ring is 1. The van der Waals surface area contributed by atoms with Gasteiger partial charge in [0.25, 0.3) is 5.91 Å². The normalized spacial score (nSPS) is 10.3. The van der Waals surface area contributed by atoms with Gasteiger partial charge in [-0.25, -0.2) is 4.98 Å². The van der Waals surface area contributed by atoms with Crippen LogP contribution in [0.25, 0.3) is 0 Å². The number of aryl methyl sites for hydroxylation is 1. The molecule has 0 aliphatic carbocycles. The highest BCUT2D eigenvalue weighted by atomic mass is 79.9. The first-order chi connectivity index (χ1) is 8.97. The maximum absolute atomic E-state index is 12.1. The lowest BCUT2D eigenvalue weighted by molar-refractivity contribution is 0.102. The van der Waals surface area contributed by atoms with Crippen molar-refractivity contribution < 1.29 is 4.79 Å². The molecule has 1 aromatic heterocycles. The number of anilines is 2. The first kappa shape index (κ1) is 14.0. The van der Waals surface area contributed by atoms with Crippen LogP contribution >= 0.6 is 31.9 Å². The molecular weight excluding hydrogens is 374 g/mol. The molecule has 0 aliphatic heterocycles. The Morgan fingerprint density at radius 1 is 1.26 bits per heavy atom. The van der Waals surface area contributed by atoms with Crippen LogP contribution in [0.4, 0.5) is 11.4 Å². The predicted molar refractivity (Wildman–Crippen MR) is 83.2 cm³/mol. The number of carbonyl (C=O) groups is 1. The van der Waals surface area contributed by atoms with Gasteiger partial charge in [-0.1, -0.05) is 15.9 Å². The van der Waals surface area contributed by atoms with Gasteiger partial charge in [0.15, 0.2) is 0 Å². The van der Waals surface area contributed by atoms with Gasteiger partial charge in [0.2, 0.25) is 0 Å². The Hall–Kier alpha value is -1.40. The molecule has 0 saturated heterocycles. The van der Waals surface area contributed by atoms with E-state index in [1.54, 1.807) is 24.4 Å². The van der Waals surface area contributed by atoms with Gasteiger partial charge >= 0.3 is 0 Å². The van der Waals surface area contributed by atoms with E-state index in [0.29, 0.717) is 17.1 Å². The third-order valence-corrected chi connectivity index (χ3v) is 3.46. The third-order valence-electron chi connectivity index (χ3n) is 2.53. The van der Waals surface area contributed by atoms with Gasteiger partial charge in [0.05, 0.1) is 11.4 Å². The summed E-state index contributed by atoms with van der Waals surface area (Å²) in [7, 11) is 0. The summed E-state index contributed by atoms with van der Waals surface area (Å²) in [5, 5.41) is 2.78. The van der Waals surface area contributed by atoms with E-state index in [9.17, 15) is 4.79 Å². The minimum atomic E-state index is -0.287. The minimum absolute atomic E-state index is 0.287. The summed E-state index contributed by atoms with van der Waals surface area (Å²) in [6.45, 7) is 1.88. The van der Waals surface area contributed by atoms with Gasteiger partial charge in [0.1, 0.15) is 5.69 Å². The number of carbonyl (C=O) groups excluding carboxylic acids is 1. The summed E-state index contributed by atoms with van der Waals surface area (Å²) in [4.78, 5) is 16.1. The predicted octanol–water partition coefficient (Wildman–Crippen LogP) is 3.75. The zero-order valence-electron chi connectivity index (χ0n) is 10.1. The van der Waals surface area contributed by atoms with Crippen molar-refractivity contribution in [1.29, 1.82) is 0 Å². The molecule has 0 atom stereocenters. The molecule has 0 bridgehead atoms. The molecule has 0 saturated carbocycles. The van der Waals surface area contributed by atoms with Crippen LogP contribution in [0.2, 0.25) is 0 Å². The number of pyridine rings is 1. The molecule has 3 N–H and O–H groups in total. The number of rotatable bonds is 2. The largest absolute Gasteiger partial charge is 0.397 e. The Labute approximate surface area is 127 Å². The van der Waals surface area contributed by atoms with E-state index >= 15 is 0 Å². The molecule has 2 aromatic rings. The van der Waals surface area contributed by atoms with Crippen molar-refractivity contribution in [3.05, 3.63) is 50.7 Å². The Morgan fingerprint density at radius 2 is 2.00 bits per heavy atom. The van der Waals surface area contributed by atoms with Crippen LogP contribution in [0.1, 0.15) is 16.1 Å². The maximum atomic E-state index is 12.1. The molecule has 0 radical (unpaired) electrons. The highest BCUT2D eigenvalue weighted by Crippen LogP contribution is 2.28. The monoisotopic (exact) mass is 383 g/mol. The minimum Gasteiger partial charge on any atom is -0.397 e. The van der Waals surface area contributed by atoms with Gasteiger partial charge in [-0.05, 0) is 52.7 Å². The summed E-state index contributed by atoms with van der Waals surface area (Å²) in [5.74, 6) is -0.287. The fraction of sp³-hybridized carbons (Fsp3) is 0.0769. The lowest BCUT2D eigenvalue weighted by Crippen LogP contribution is -2.15. The van der Waals surface area contributed by atoms with Crippen LogP contribution in [-0.2, 0) is 0 Å². The zero-order chi connectivity index (χ0) is 14.0. The second-order valence-electron chi connectivity index (χ2n) is 4.00. The maximum Gasteiger partial charge on any atom is 0.274 e. The van der Waals surface area contributed by atoms with Crippen molar-refractivity contribution in [3.63, 3.8) is 0 Å². The molecule has 1 aromatic carbocycles. The van der Waals surface area contributed by atoms with E-state index < -0.39 is 0 Å². The van der Waals surface area contributed by atoms with Crippen LogP contribution < -0.4 is 11.1 Å². The molecule has 1 amide bonds. The lowest BCUT2D eigenvalue weighted by atomic mass is 10.1. The number of halogens is 2. The van der Waals surface area contributed by atoms with Crippen LogP contribution in [0.3, 0.4) is 0 Å². The van der Waals surface area contributed by atoms with Gasteiger partial charge in [0, 0.05) is 15.1 Å². The third kappa shape index (κ3) is 3.33. The number of benzene rings is 1. The molecule has 0 unspecified atom stereocenters. The van der Waals surface area contributed by atoms with Crippen LogP contribution in [-0.4, -0.2) is 10.9 Å². The molecule has 0 spiro atoms. The van der Waals surface area contributed by atoms with E-state index in [0.717, 1.165) is 14.5 Å². The SMILES string of the molecule is Cc1cc(Br)cc(N)c1NC(=O)c1ccc(Br)cn1. The Morgan fingerprint density at radius 3 is 2.58 bits per heavy atom. The number of nitrogens with two attached hydrogens (primary N) is 1. The highest BCUT2D eigenvalue weighted by molar-refractivity contribution is 9.10. The zero-order valence-corrected chi connectivity index (χ0v) is 13.2. The number of nitrogens with one attached hydrogen (secondary N) is 1. The van der Waals surface area contributed by atoms with E-state index in [1.807, 2.05) is 13.0 Å². The van der Waals surface area contributed by atoms with Gasteiger partial charge in [-0.15, -0.1) is 0 Å². The fourth-order valence-corrected chi connectivity index (χ4v) is 2.45. The summed E-state index contributed by atoms with van der Waals surface area (Å²) >= 11 is 6.63. The van der Waals surface area contributed by atoms with Crippen molar-refractivity contribution in [2.24, 2.45) is 0 Å². The smallest absolute Gasteiger partial charge is 0.274 e. The fourth-order valence-electron chi connectivity index (χ4n) is 1.63. The van der Waals surface area contributed by atoms with E-state index in [4.69, 9.17) is 5.73 Å². The van der Waals surface area contributed by atoms with Crippen molar-refractivity contribution in [2.75, 3.05) is 11.1 Å². The molecular formula is C13H11Br2N3O. The van der Waals surface area contributed by atoms with Gasteiger partial charge in [-0.2, -0.15) is 0 Å². The van der Waals surface area contributed by atoms with Crippen molar-refractivity contribution in [1.82, 2.24) is 4.98 Å². The first-order valence-corrected chi connectivity index (χ1v) is 7.04. The lowest BCUT2D eigenvalue weighted by Gasteiger charge is -2.11. The second kappa shape index (κ2) is 5.71. The second-order valence-corrected chi connectivity index (χ2v) is 5.83. The molecule has 4 nitrogen and oxygen atoms in total. The van der Waals surface area contributed by atoms with Crippen molar-refractivity contribution in [2.45, 2.75) is 6.92 Å². The summed E-state index contributed by atoms with van der Waals surface area (Å²) < 4.78 is 1.70. The number of amides is 1. The van der Waals surface area contributed by atoms with Crippen molar-refractivity contribution >= 4 is 49.1 Å². The summed E-state index contributed by atoms with van der Waals surface area (Å²) in [5.41, 5.74) is 8.24. The summed E-state index contributed by atoms with van der Waals surface area (Å²) in [6.07, 6.45) is 1.58. The first-order valence-electron chi connectivity index (χ1n) is 5.46. The topological polar surface area (TPSA) is 68.0 Å². The Balaban J connectivity index is 2.26. The van der Waals surface area contributed by atoms with E-state index in [2.05, 4.69) is 42.2 Å². The molecule has 6 heteroatoms. The Bertz CT molecular complexity index is 603. The van der Waals surface area contributed by atoms with Crippen LogP contribution in [0.15, 0.2) is 39.4 Å². The molecule has 1 heterocycles.